The Bertz CT molecular complexity index is 566. The Morgan fingerprint density at radius 1 is 1.33 bits per heavy atom. The molecule has 1 saturated carbocycles. The Hall–Kier alpha value is -1.14. The van der Waals surface area contributed by atoms with Gasteiger partial charge in [-0.15, -0.1) is 0 Å². The second kappa shape index (κ2) is 6.75. The lowest BCUT2D eigenvalue weighted by Crippen LogP contribution is -2.39. The summed E-state index contributed by atoms with van der Waals surface area (Å²) in [5.74, 6) is 1.33. The van der Waals surface area contributed by atoms with Crippen LogP contribution in [0.4, 0.5) is 5.82 Å². The van der Waals surface area contributed by atoms with Crippen LogP contribution in [0.2, 0.25) is 0 Å². The molecule has 0 saturated heterocycles. The van der Waals surface area contributed by atoms with E-state index in [1.54, 1.807) is 30.5 Å². The molecule has 0 bridgehead atoms. The van der Waals surface area contributed by atoms with Gasteiger partial charge in [0.2, 0.25) is 10.0 Å². The maximum absolute atomic E-state index is 12.7. The van der Waals surface area contributed by atoms with Crippen LogP contribution in [0.15, 0.2) is 23.2 Å². The van der Waals surface area contributed by atoms with Crippen molar-refractivity contribution in [1.29, 1.82) is 0 Å². The van der Waals surface area contributed by atoms with Crippen LogP contribution in [0, 0.1) is 5.92 Å². The molecule has 2 rings (SSSR count). The van der Waals surface area contributed by atoms with Gasteiger partial charge in [-0.3, -0.25) is 0 Å². The first-order valence-corrected chi connectivity index (χ1v) is 9.05. The van der Waals surface area contributed by atoms with Gasteiger partial charge in [0.1, 0.15) is 5.82 Å². The first-order valence-electron chi connectivity index (χ1n) is 7.60. The van der Waals surface area contributed by atoms with Crippen LogP contribution in [0.25, 0.3) is 0 Å². The molecule has 1 aromatic rings. The van der Waals surface area contributed by atoms with Crippen LogP contribution in [0.3, 0.4) is 0 Å². The average Bonchev–Trinajstić information content (AvgIpc) is 2.54. The van der Waals surface area contributed by atoms with E-state index in [2.05, 4.69) is 17.2 Å². The van der Waals surface area contributed by atoms with Gasteiger partial charge >= 0.3 is 0 Å². The van der Waals surface area contributed by atoms with Crippen LogP contribution < -0.4 is 5.32 Å². The van der Waals surface area contributed by atoms with Gasteiger partial charge in [-0.2, -0.15) is 4.31 Å². The molecule has 0 amide bonds. The van der Waals surface area contributed by atoms with Crippen LogP contribution in [0.5, 0.6) is 0 Å². The Labute approximate surface area is 127 Å². The minimum Gasteiger partial charge on any atom is -0.373 e. The summed E-state index contributed by atoms with van der Waals surface area (Å²) in [4.78, 5) is 4.38. The summed E-state index contributed by atoms with van der Waals surface area (Å²) in [5, 5.41) is 2.88. The zero-order valence-electron chi connectivity index (χ0n) is 13.0. The molecular weight excluding hydrogens is 286 g/mol. The highest BCUT2D eigenvalue weighted by Gasteiger charge is 2.31. The molecule has 0 atom stereocenters. The number of aromatic nitrogens is 1. The smallest absolute Gasteiger partial charge is 0.243 e. The standard InChI is InChI=1S/C15H25N3O2S/c1-4-12-5-7-13(8-6-12)18(3)21(19,20)14-9-10-17-15(11-14)16-2/h9-13H,4-8H2,1-3H3,(H,16,17). The van der Waals surface area contributed by atoms with E-state index in [1.807, 2.05) is 0 Å². The van der Waals surface area contributed by atoms with E-state index in [4.69, 9.17) is 0 Å². The van der Waals surface area contributed by atoms with Crippen molar-refractivity contribution in [3.63, 3.8) is 0 Å². The van der Waals surface area contributed by atoms with E-state index in [1.165, 1.54) is 12.6 Å². The van der Waals surface area contributed by atoms with Crippen LogP contribution in [0.1, 0.15) is 39.0 Å². The summed E-state index contributed by atoms with van der Waals surface area (Å²) >= 11 is 0. The summed E-state index contributed by atoms with van der Waals surface area (Å²) in [6, 6.07) is 3.26. The second-order valence-electron chi connectivity index (χ2n) is 5.73. The fourth-order valence-corrected chi connectivity index (χ4v) is 4.42. The number of pyridine rings is 1. The number of nitrogens with zero attached hydrogens (tertiary/aromatic N) is 2. The normalized spacial score (nSPS) is 23.2. The van der Waals surface area contributed by atoms with Crippen molar-refractivity contribution in [1.82, 2.24) is 9.29 Å². The molecule has 0 unspecified atom stereocenters. The number of sulfonamides is 1. The Morgan fingerprint density at radius 3 is 2.57 bits per heavy atom. The molecule has 1 aromatic heterocycles. The van der Waals surface area contributed by atoms with Crippen molar-refractivity contribution in [2.75, 3.05) is 19.4 Å². The van der Waals surface area contributed by atoms with Gasteiger partial charge < -0.3 is 5.32 Å². The van der Waals surface area contributed by atoms with Crippen LogP contribution >= 0.6 is 0 Å². The zero-order valence-corrected chi connectivity index (χ0v) is 13.9. The predicted octanol–water partition coefficient (Wildman–Crippen LogP) is 2.71. The molecule has 1 aliphatic carbocycles. The van der Waals surface area contributed by atoms with E-state index in [0.717, 1.165) is 31.6 Å². The third-order valence-corrected chi connectivity index (χ3v) is 6.48. The maximum Gasteiger partial charge on any atom is 0.243 e. The lowest BCUT2D eigenvalue weighted by Gasteiger charge is -2.33. The van der Waals surface area contributed by atoms with Crippen LogP contribution in [-0.4, -0.2) is 37.8 Å². The highest BCUT2D eigenvalue weighted by molar-refractivity contribution is 7.89. The first-order chi connectivity index (χ1) is 9.98. The predicted molar refractivity (Wildman–Crippen MR) is 84.8 cm³/mol. The van der Waals surface area contributed by atoms with Gasteiger partial charge in [-0.05, 0) is 37.7 Å². The zero-order chi connectivity index (χ0) is 15.5. The quantitative estimate of drug-likeness (QED) is 0.908. The molecule has 0 aliphatic heterocycles. The third-order valence-electron chi connectivity index (χ3n) is 4.57. The van der Waals surface area contributed by atoms with E-state index in [0.29, 0.717) is 10.7 Å². The molecule has 1 aliphatic rings. The van der Waals surface area contributed by atoms with Gasteiger partial charge in [0.05, 0.1) is 4.90 Å². The number of hydrogen-bond donors (Lipinski definition) is 1. The molecule has 6 heteroatoms. The summed E-state index contributed by atoms with van der Waals surface area (Å²) in [5.41, 5.74) is 0. The molecule has 0 radical (unpaired) electrons. The molecule has 1 fully saturated rings. The first kappa shape index (κ1) is 16.2. The van der Waals surface area contributed by atoms with Crippen molar-refractivity contribution in [3.8, 4) is 0 Å². The number of anilines is 1. The maximum atomic E-state index is 12.7. The van der Waals surface area contributed by atoms with E-state index in [9.17, 15) is 8.42 Å². The molecule has 1 heterocycles. The highest BCUT2D eigenvalue weighted by Crippen LogP contribution is 2.31. The Balaban J connectivity index is 2.15. The second-order valence-corrected chi connectivity index (χ2v) is 7.73. The topological polar surface area (TPSA) is 62.3 Å². The van der Waals surface area contributed by atoms with Gasteiger partial charge in [0.25, 0.3) is 0 Å². The lowest BCUT2D eigenvalue weighted by molar-refractivity contribution is 0.233. The molecular formula is C15H25N3O2S. The minimum absolute atomic E-state index is 0.115. The van der Waals surface area contributed by atoms with Gasteiger partial charge in [0, 0.05) is 32.4 Å². The van der Waals surface area contributed by atoms with Crippen molar-refractivity contribution >= 4 is 15.8 Å². The van der Waals surface area contributed by atoms with E-state index < -0.39 is 10.0 Å². The summed E-state index contributed by atoms with van der Waals surface area (Å²) in [6.45, 7) is 2.21. The molecule has 0 aromatic carbocycles. The summed E-state index contributed by atoms with van der Waals surface area (Å²) in [6.07, 6.45) is 6.88. The highest BCUT2D eigenvalue weighted by atomic mass is 32.2. The van der Waals surface area contributed by atoms with Gasteiger partial charge in [-0.1, -0.05) is 13.3 Å². The van der Waals surface area contributed by atoms with Crippen molar-refractivity contribution < 1.29 is 8.42 Å². The molecule has 21 heavy (non-hydrogen) atoms. The minimum atomic E-state index is -3.44. The van der Waals surface area contributed by atoms with Crippen molar-refractivity contribution in [2.45, 2.75) is 50.0 Å². The van der Waals surface area contributed by atoms with Crippen molar-refractivity contribution in [3.05, 3.63) is 18.3 Å². The van der Waals surface area contributed by atoms with Gasteiger partial charge in [-0.25, -0.2) is 13.4 Å². The Kier molecular flexibility index (Phi) is 5.22. The molecule has 1 N–H and O–H groups in total. The molecule has 5 nitrogen and oxygen atoms in total. The third kappa shape index (κ3) is 3.55. The monoisotopic (exact) mass is 311 g/mol. The summed E-state index contributed by atoms with van der Waals surface area (Å²) in [7, 11) is -0.0113. The number of rotatable bonds is 5. The lowest BCUT2D eigenvalue weighted by atomic mass is 9.85. The fourth-order valence-electron chi connectivity index (χ4n) is 2.99. The number of hydrogen-bond acceptors (Lipinski definition) is 4. The van der Waals surface area contributed by atoms with E-state index >= 15 is 0 Å². The average molecular weight is 311 g/mol. The largest absolute Gasteiger partial charge is 0.373 e. The van der Waals surface area contributed by atoms with Crippen molar-refractivity contribution in [2.24, 2.45) is 5.92 Å². The van der Waals surface area contributed by atoms with Gasteiger partial charge in [0.15, 0.2) is 0 Å². The number of nitrogens with one attached hydrogen (secondary N) is 1. The molecule has 0 spiro atoms. The van der Waals surface area contributed by atoms with E-state index in [-0.39, 0.29) is 6.04 Å². The Morgan fingerprint density at radius 2 is 2.00 bits per heavy atom. The van der Waals surface area contributed by atoms with Crippen LogP contribution in [-0.2, 0) is 10.0 Å². The SMILES string of the molecule is CCC1CCC(N(C)S(=O)(=O)c2ccnc(NC)c2)CC1. The summed E-state index contributed by atoms with van der Waals surface area (Å²) < 4.78 is 27.0. The molecule has 118 valence electrons. The fraction of sp³-hybridized carbons (Fsp3) is 0.667.